The van der Waals surface area contributed by atoms with Crippen LogP contribution in [0.25, 0.3) is 0 Å². The number of hydrogen-bond acceptors (Lipinski definition) is 4. The van der Waals surface area contributed by atoms with Crippen molar-refractivity contribution in [2.45, 2.75) is 53.0 Å². The van der Waals surface area contributed by atoms with E-state index in [1.165, 1.54) is 0 Å². The molecule has 4 heteroatoms. The maximum absolute atomic E-state index is 11.6. The lowest BCUT2D eigenvalue weighted by Gasteiger charge is -2.32. The minimum Gasteiger partial charge on any atom is -0.343 e. The van der Waals surface area contributed by atoms with Crippen LogP contribution < -0.4 is 5.32 Å². The summed E-state index contributed by atoms with van der Waals surface area (Å²) < 4.78 is 10.7. The molecule has 0 heterocycles. The molecule has 0 fully saturated rings. The second-order valence-electron chi connectivity index (χ2n) is 5.45. The summed E-state index contributed by atoms with van der Waals surface area (Å²) in [5, 5.41) is 3.10. The molecule has 0 aromatic heterocycles. The molecule has 0 aliphatic rings. The highest BCUT2D eigenvalue weighted by Crippen LogP contribution is 2.20. The van der Waals surface area contributed by atoms with Gasteiger partial charge in [0.15, 0.2) is 0 Å². The Bertz CT molecular complexity index is 258. The van der Waals surface area contributed by atoms with Crippen LogP contribution in [0.2, 0.25) is 0 Å². The maximum atomic E-state index is 11.6. The second-order valence-corrected chi connectivity index (χ2v) is 5.45. The summed E-state index contributed by atoms with van der Waals surface area (Å²) in [6.07, 6.45) is 3.10. The molecule has 1 N–H and O–H groups in total. The van der Waals surface area contributed by atoms with Crippen LogP contribution in [-0.2, 0) is 14.3 Å². The van der Waals surface area contributed by atoms with Gasteiger partial charge in [0.1, 0.15) is 5.78 Å². The largest absolute Gasteiger partial charge is 0.343 e. The van der Waals surface area contributed by atoms with E-state index in [0.717, 1.165) is 12.8 Å². The van der Waals surface area contributed by atoms with Gasteiger partial charge in [-0.15, -0.1) is 6.58 Å². The Morgan fingerprint density at radius 2 is 2.06 bits per heavy atom. The van der Waals surface area contributed by atoms with Crippen molar-refractivity contribution in [2.75, 3.05) is 13.7 Å². The van der Waals surface area contributed by atoms with Gasteiger partial charge in [-0.05, 0) is 25.2 Å². The van der Waals surface area contributed by atoms with E-state index in [1.807, 2.05) is 26.8 Å². The zero-order valence-electron chi connectivity index (χ0n) is 12.3. The van der Waals surface area contributed by atoms with Crippen LogP contribution in [0.1, 0.15) is 40.5 Å². The van der Waals surface area contributed by atoms with E-state index >= 15 is 0 Å². The van der Waals surface area contributed by atoms with Gasteiger partial charge in [-0.1, -0.05) is 26.8 Å². The number of hydrogen-bond donors (Lipinski definition) is 1. The van der Waals surface area contributed by atoms with Gasteiger partial charge >= 0.3 is 0 Å². The van der Waals surface area contributed by atoms with Crippen LogP contribution in [0.4, 0.5) is 0 Å². The molecular formula is C14H27NO3. The molecule has 2 atom stereocenters. The van der Waals surface area contributed by atoms with E-state index in [0.29, 0.717) is 6.61 Å². The molecule has 0 spiro atoms. The highest BCUT2D eigenvalue weighted by atomic mass is 16.7. The first-order valence-corrected chi connectivity index (χ1v) is 6.34. The molecule has 0 aromatic carbocycles. The van der Waals surface area contributed by atoms with E-state index in [4.69, 9.17) is 9.47 Å². The van der Waals surface area contributed by atoms with Gasteiger partial charge in [-0.25, -0.2) is 0 Å². The first-order valence-electron chi connectivity index (χ1n) is 6.34. The number of nitrogens with one attached hydrogen (secondary N) is 1. The highest BCUT2D eigenvalue weighted by Gasteiger charge is 2.30. The predicted molar refractivity (Wildman–Crippen MR) is 73.2 cm³/mol. The molecule has 4 nitrogen and oxygen atoms in total. The topological polar surface area (TPSA) is 47.6 Å². The fourth-order valence-electron chi connectivity index (χ4n) is 1.72. The highest BCUT2D eigenvalue weighted by molar-refractivity contribution is 5.82. The van der Waals surface area contributed by atoms with Gasteiger partial charge in [-0.2, -0.15) is 0 Å². The Kier molecular flexibility index (Phi) is 8.07. The molecule has 0 rings (SSSR count). The van der Waals surface area contributed by atoms with E-state index in [1.54, 1.807) is 14.0 Å². The minimum atomic E-state index is -0.553. The fraction of sp³-hybridized carbons (Fsp3) is 0.786. The fourth-order valence-corrected chi connectivity index (χ4v) is 1.72. The monoisotopic (exact) mass is 257 g/mol. The summed E-state index contributed by atoms with van der Waals surface area (Å²) >= 11 is 0. The Labute approximate surface area is 111 Å². The van der Waals surface area contributed by atoms with E-state index < -0.39 is 6.41 Å². The summed E-state index contributed by atoms with van der Waals surface area (Å²) in [5.41, 5.74) is -0.174. The number of ether oxygens (including phenoxy) is 2. The predicted octanol–water partition coefficient (Wildman–Crippen LogP) is 2.49. The maximum Gasteiger partial charge on any atom is 0.216 e. The summed E-state index contributed by atoms with van der Waals surface area (Å²) in [6.45, 7) is 11.8. The lowest BCUT2D eigenvalue weighted by molar-refractivity contribution is -0.158. The van der Waals surface area contributed by atoms with Crippen molar-refractivity contribution in [1.29, 1.82) is 0 Å². The van der Waals surface area contributed by atoms with E-state index in [2.05, 4.69) is 11.9 Å². The van der Waals surface area contributed by atoms with Crippen molar-refractivity contribution in [2.24, 2.45) is 5.41 Å². The van der Waals surface area contributed by atoms with Gasteiger partial charge in [0, 0.05) is 7.11 Å². The van der Waals surface area contributed by atoms with Crippen LogP contribution in [0, 0.1) is 5.41 Å². The quantitative estimate of drug-likeness (QED) is 0.392. The van der Waals surface area contributed by atoms with Gasteiger partial charge < -0.3 is 9.47 Å². The van der Waals surface area contributed by atoms with Crippen molar-refractivity contribution in [3.05, 3.63) is 12.7 Å². The van der Waals surface area contributed by atoms with Crippen molar-refractivity contribution in [3.63, 3.8) is 0 Å². The number of ketones is 1. The SMILES string of the molecule is C=CCCCOC(NC(C(C)=O)C(C)(C)C)OC. The third-order valence-corrected chi connectivity index (χ3v) is 2.61. The number of carbonyl (C=O) groups is 1. The molecule has 18 heavy (non-hydrogen) atoms. The van der Waals surface area contributed by atoms with Gasteiger partial charge in [0.2, 0.25) is 6.41 Å². The zero-order chi connectivity index (χ0) is 14.2. The number of rotatable bonds is 9. The third-order valence-electron chi connectivity index (χ3n) is 2.61. The molecule has 0 aliphatic carbocycles. The normalized spacial score (nSPS) is 15.2. The molecule has 0 saturated carbocycles. The van der Waals surface area contributed by atoms with Gasteiger partial charge in [-0.3, -0.25) is 10.1 Å². The van der Waals surface area contributed by atoms with Crippen LogP contribution in [0.15, 0.2) is 12.7 Å². The smallest absolute Gasteiger partial charge is 0.216 e. The Morgan fingerprint density at radius 3 is 2.44 bits per heavy atom. The molecule has 0 aromatic rings. The second kappa shape index (κ2) is 8.40. The van der Waals surface area contributed by atoms with Crippen molar-refractivity contribution in [3.8, 4) is 0 Å². The van der Waals surface area contributed by atoms with Gasteiger partial charge in [0.25, 0.3) is 0 Å². The Morgan fingerprint density at radius 1 is 1.44 bits per heavy atom. The van der Waals surface area contributed by atoms with Crippen molar-refractivity contribution >= 4 is 5.78 Å². The van der Waals surface area contributed by atoms with E-state index in [9.17, 15) is 4.79 Å². The van der Waals surface area contributed by atoms with Crippen molar-refractivity contribution in [1.82, 2.24) is 5.32 Å². The molecular weight excluding hydrogens is 230 g/mol. The van der Waals surface area contributed by atoms with Crippen LogP contribution in [-0.4, -0.2) is 32.0 Å². The van der Waals surface area contributed by atoms with Crippen LogP contribution >= 0.6 is 0 Å². The molecule has 0 bridgehead atoms. The summed E-state index contributed by atoms with van der Waals surface area (Å²) in [5.74, 6) is 0.0826. The zero-order valence-corrected chi connectivity index (χ0v) is 12.3. The standard InChI is InChI=1S/C14H27NO3/c1-7-8-9-10-18-13(17-6)15-12(11(2)16)14(3,4)5/h7,12-13,15H,1,8-10H2,2-6H3. The van der Waals surface area contributed by atoms with Gasteiger partial charge in [0.05, 0.1) is 12.6 Å². The Balaban J connectivity index is 4.30. The summed E-state index contributed by atoms with van der Waals surface area (Å²) in [6, 6.07) is -0.290. The van der Waals surface area contributed by atoms with Crippen LogP contribution in [0.3, 0.4) is 0 Å². The van der Waals surface area contributed by atoms with Crippen molar-refractivity contribution < 1.29 is 14.3 Å². The number of unbranched alkanes of at least 4 members (excludes halogenated alkanes) is 1. The number of Topliss-reactive ketones (excluding diaryl/α,β-unsaturated/α-hetero) is 1. The third kappa shape index (κ3) is 6.89. The summed E-state index contributed by atoms with van der Waals surface area (Å²) in [4.78, 5) is 11.6. The lowest BCUT2D eigenvalue weighted by Crippen LogP contribution is -2.51. The average molecular weight is 257 g/mol. The average Bonchev–Trinajstić information content (AvgIpc) is 2.26. The molecule has 0 radical (unpaired) electrons. The molecule has 106 valence electrons. The molecule has 2 unspecified atom stereocenters. The minimum absolute atomic E-state index is 0.0826. The lowest BCUT2D eigenvalue weighted by atomic mass is 9.84. The van der Waals surface area contributed by atoms with E-state index in [-0.39, 0.29) is 17.2 Å². The first-order chi connectivity index (χ1) is 8.32. The first kappa shape index (κ1) is 17.3. The molecule has 0 aliphatic heterocycles. The van der Waals surface area contributed by atoms with Crippen LogP contribution in [0.5, 0.6) is 0 Å². The number of carbonyl (C=O) groups excluding carboxylic acids is 1. The molecule has 0 amide bonds. The summed E-state index contributed by atoms with van der Waals surface area (Å²) in [7, 11) is 1.56. The molecule has 0 saturated heterocycles. The number of allylic oxidation sites excluding steroid dienone is 1. The Hall–Kier alpha value is -0.710. The number of methoxy groups -OCH3 is 1.